The number of benzene rings is 1. The van der Waals surface area contributed by atoms with Crippen LogP contribution in [0.2, 0.25) is 0 Å². The summed E-state index contributed by atoms with van der Waals surface area (Å²) in [5.41, 5.74) is 0.167. The Bertz CT molecular complexity index is 1020. The maximum atomic E-state index is 13.1. The minimum Gasteiger partial charge on any atom is -0.477 e. The average Bonchev–Trinajstić information content (AvgIpc) is 2.98. The van der Waals surface area contributed by atoms with E-state index in [2.05, 4.69) is 5.32 Å². The molecule has 1 aromatic carbocycles. The van der Waals surface area contributed by atoms with Crippen molar-refractivity contribution < 1.29 is 33.7 Å². The molecule has 2 amide bonds. The molecular weight excluding hydrogens is 442 g/mol. The summed E-state index contributed by atoms with van der Waals surface area (Å²) in [5, 5.41) is 33.3. The van der Waals surface area contributed by atoms with Crippen LogP contribution in [0.3, 0.4) is 0 Å². The normalized spacial score (nSPS) is 23.9. The van der Waals surface area contributed by atoms with Gasteiger partial charge in [-0.2, -0.15) is 0 Å². The fraction of sp³-hybridized carbons (Fsp3) is 0.450. The highest BCUT2D eigenvalue weighted by atomic mass is 32.2. The van der Waals surface area contributed by atoms with Crippen LogP contribution < -0.4 is 5.32 Å². The Morgan fingerprint density at radius 1 is 1.31 bits per heavy atom. The second kappa shape index (κ2) is 9.17. The molecular formula is C20H23N3O8S. The average molecular weight is 465 g/mol. The largest absolute Gasteiger partial charge is 0.477 e. The predicted octanol–water partition coefficient (Wildman–Crippen LogP) is 0.156. The maximum absolute atomic E-state index is 13.1. The van der Waals surface area contributed by atoms with Gasteiger partial charge >= 0.3 is 5.97 Å². The number of aliphatic carboxylic acids is 1. The van der Waals surface area contributed by atoms with E-state index in [1.54, 1.807) is 0 Å². The van der Waals surface area contributed by atoms with Gasteiger partial charge in [-0.05, 0) is 18.9 Å². The zero-order valence-electron chi connectivity index (χ0n) is 17.4. The first-order valence-electron chi connectivity index (χ1n) is 9.89. The zero-order valence-corrected chi connectivity index (χ0v) is 18.2. The Balaban J connectivity index is 1.99. The quantitative estimate of drug-likeness (QED) is 0.263. The van der Waals surface area contributed by atoms with Crippen LogP contribution in [-0.2, 0) is 31.6 Å². The third-order valence-electron chi connectivity index (χ3n) is 5.64. The summed E-state index contributed by atoms with van der Waals surface area (Å²) in [7, 11) is -1.82. The molecule has 0 aliphatic carbocycles. The number of carbonyl (C=O) groups excluding carboxylic acids is 2. The van der Waals surface area contributed by atoms with E-state index in [1.165, 1.54) is 38.1 Å². The second-order valence-electron chi connectivity index (χ2n) is 7.75. The minimum absolute atomic E-state index is 0.0451. The molecule has 5 atom stereocenters. The number of nitro benzene ring substituents is 1. The third-order valence-corrected chi connectivity index (χ3v) is 7.21. The van der Waals surface area contributed by atoms with E-state index in [1.807, 2.05) is 0 Å². The van der Waals surface area contributed by atoms with E-state index in [0.717, 1.165) is 4.90 Å². The minimum atomic E-state index is -1.82. The highest BCUT2D eigenvalue weighted by Gasteiger charge is 2.61. The molecule has 2 aliphatic heterocycles. The number of carboxylic acids is 1. The summed E-state index contributed by atoms with van der Waals surface area (Å²) in [6.45, 7) is 2.80. The van der Waals surface area contributed by atoms with Crippen molar-refractivity contribution in [3.63, 3.8) is 0 Å². The van der Waals surface area contributed by atoms with Crippen molar-refractivity contribution in [1.82, 2.24) is 10.2 Å². The Kier molecular flexibility index (Phi) is 6.74. The van der Waals surface area contributed by atoms with Crippen molar-refractivity contribution in [2.45, 2.75) is 32.4 Å². The fourth-order valence-electron chi connectivity index (χ4n) is 4.30. The zero-order chi connectivity index (χ0) is 23.7. The van der Waals surface area contributed by atoms with Gasteiger partial charge in [-0.25, -0.2) is 4.79 Å². The molecule has 2 heterocycles. The number of rotatable bonds is 9. The predicted molar refractivity (Wildman–Crippen MR) is 112 cm³/mol. The maximum Gasteiger partial charge on any atom is 0.353 e. The summed E-state index contributed by atoms with van der Waals surface area (Å²) in [6.07, 6.45) is -0.862. The summed E-state index contributed by atoms with van der Waals surface area (Å²) < 4.78 is 13.1. The highest BCUT2D eigenvalue weighted by Crippen LogP contribution is 2.49. The van der Waals surface area contributed by atoms with Gasteiger partial charge in [0, 0.05) is 37.3 Å². The van der Waals surface area contributed by atoms with Gasteiger partial charge < -0.3 is 20.4 Å². The van der Waals surface area contributed by atoms with Crippen LogP contribution in [0.25, 0.3) is 0 Å². The lowest BCUT2D eigenvalue weighted by atomic mass is 9.76. The molecule has 0 saturated carbocycles. The first-order chi connectivity index (χ1) is 15.0. The van der Waals surface area contributed by atoms with Crippen molar-refractivity contribution in [3.8, 4) is 0 Å². The van der Waals surface area contributed by atoms with Gasteiger partial charge in [0.25, 0.3) is 5.69 Å². The molecule has 1 fully saturated rings. The lowest BCUT2D eigenvalue weighted by molar-refractivity contribution is -0.384. The van der Waals surface area contributed by atoms with Crippen LogP contribution >= 0.6 is 0 Å². The SMILES string of the molecule is CC(=O)NCCS(=O)C1=C(C(=O)O)N2C(=O)[C@@H]([C@H](C)O)[C@@H]2C1Cc1ccc([N+](=O)[O-])cc1. The van der Waals surface area contributed by atoms with Crippen LogP contribution in [0.5, 0.6) is 0 Å². The molecule has 2 unspecified atom stereocenters. The highest BCUT2D eigenvalue weighted by molar-refractivity contribution is 7.89. The smallest absolute Gasteiger partial charge is 0.353 e. The van der Waals surface area contributed by atoms with Crippen LogP contribution in [0.4, 0.5) is 5.69 Å². The lowest BCUT2D eigenvalue weighted by Crippen LogP contribution is -2.64. The molecule has 0 aromatic heterocycles. The van der Waals surface area contributed by atoms with Crippen molar-refractivity contribution in [3.05, 3.63) is 50.5 Å². The van der Waals surface area contributed by atoms with Crippen LogP contribution in [0, 0.1) is 22.0 Å². The number of amides is 2. The molecule has 1 aromatic rings. The van der Waals surface area contributed by atoms with E-state index in [9.17, 15) is 38.9 Å². The van der Waals surface area contributed by atoms with E-state index < -0.39 is 51.6 Å². The third kappa shape index (κ3) is 4.28. The molecule has 12 heteroatoms. The molecule has 11 nitrogen and oxygen atoms in total. The Labute approximate surface area is 185 Å². The van der Waals surface area contributed by atoms with Gasteiger partial charge in [0.15, 0.2) is 0 Å². The van der Waals surface area contributed by atoms with Gasteiger partial charge in [-0.3, -0.25) is 23.9 Å². The first kappa shape index (κ1) is 23.5. The summed E-state index contributed by atoms with van der Waals surface area (Å²) in [5.74, 6) is -3.84. The number of aliphatic hydroxyl groups excluding tert-OH is 1. The van der Waals surface area contributed by atoms with Crippen LogP contribution in [-0.4, -0.2) is 66.5 Å². The second-order valence-corrected chi connectivity index (χ2v) is 9.29. The Morgan fingerprint density at radius 3 is 2.44 bits per heavy atom. The van der Waals surface area contributed by atoms with Gasteiger partial charge in [0.05, 0.1) is 38.7 Å². The van der Waals surface area contributed by atoms with Crippen LogP contribution in [0.1, 0.15) is 19.4 Å². The number of carboxylic acid groups (broad SMARTS) is 1. The van der Waals surface area contributed by atoms with Crippen molar-refractivity contribution in [2.75, 3.05) is 12.3 Å². The fourth-order valence-corrected chi connectivity index (χ4v) is 5.77. The van der Waals surface area contributed by atoms with E-state index in [4.69, 9.17) is 0 Å². The molecule has 1 saturated heterocycles. The lowest BCUT2D eigenvalue weighted by Gasteiger charge is -2.47. The van der Waals surface area contributed by atoms with Crippen molar-refractivity contribution in [2.24, 2.45) is 11.8 Å². The number of β-lactam (4-membered cyclic amide) rings is 1. The molecule has 0 bridgehead atoms. The number of fused-ring (bicyclic) bond motifs is 1. The number of nitrogens with one attached hydrogen (secondary N) is 1. The molecule has 0 spiro atoms. The Hall–Kier alpha value is -3.12. The summed E-state index contributed by atoms with van der Waals surface area (Å²) in [6, 6.07) is 4.99. The number of nitro groups is 1. The van der Waals surface area contributed by atoms with E-state index >= 15 is 0 Å². The summed E-state index contributed by atoms with van der Waals surface area (Å²) >= 11 is 0. The van der Waals surface area contributed by atoms with Crippen molar-refractivity contribution in [1.29, 1.82) is 0 Å². The molecule has 0 radical (unpaired) electrons. The van der Waals surface area contributed by atoms with Gasteiger partial charge in [0.2, 0.25) is 11.8 Å². The van der Waals surface area contributed by atoms with Crippen LogP contribution in [0.15, 0.2) is 34.9 Å². The number of hydrogen-bond acceptors (Lipinski definition) is 7. The van der Waals surface area contributed by atoms with Crippen molar-refractivity contribution >= 4 is 34.3 Å². The van der Waals surface area contributed by atoms with E-state index in [0.29, 0.717) is 5.56 Å². The number of non-ortho nitro benzene ring substituents is 1. The molecule has 3 N–H and O–H groups in total. The molecule has 32 heavy (non-hydrogen) atoms. The molecule has 172 valence electrons. The van der Waals surface area contributed by atoms with Gasteiger partial charge in [-0.1, -0.05) is 12.1 Å². The van der Waals surface area contributed by atoms with E-state index in [-0.39, 0.29) is 40.9 Å². The topological polar surface area (TPSA) is 167 Å². The molecule has 3 rings (SSSR count). The first-order valence-corrected chi connectivity index (χ1v) is 11.2. The standard InChI is InChI=1S/C20H23N3O8S/c1-10(24)15-16-14(9-12-3-5-13(6-4-12)23(29)30)18(32(31)8-7-21-11(2)25)17(20(27)28)22(16)19(15)26/h3-6,10,14-16,24H,7-9H2,1-2H3,(H,21,25)(H,27,28)/t10-,14?,15-,16-,32?/m0/s1. The number of hydrogen-bond donors (Lipinski definition) is 3. The van der Waals surface area contributed by atoms with Gasteiger partial charge in [-0.15, -0.1) is 0 Å². The summed E-state index contributed by atoms with van der Waals surface area (Å²) in [4.78, 5) is 47.3. The molecule has 2 aliphatic rings. The Morgan fingerprint density at radius 2 is 1.94 bits per heavy atom. The number of aliphatic hydroxyl groups is 1. The monoisotopic (exact) mass is 465 g/mol. The number of nitrogens with zero attached hydrogens (tertiary/aromatic N) is 2. The van der Waals surface area contributed by atoms with Gasteiger partial charge in [0.1, 0.15) is 5.70 Å². The number of carbonyl (C=O) groups is 3.